The number of para-hydroxylation sites is 6. The van der Waals surface area contributed by atoms with Crippen LogP contribution in [0.15, 0.2) is 304 Å². The van der Waals surface area contributed by atoms with E-state index in [-0.39, 0.29) is 0 Å². The fraction of sp³-hybridized carbons (Fsp3) is 0. The van der Waals surface area contributed by atoms with E-state index in [0.29, 0.717) is 0 Å². The van der Waals surface area contributed by atoms with Gasteiger partial charge < -0.3 is 22.4 Å². The molecule has 20 rings (SSSR count). The highest BCUT2D eigenvalue weighted by atomic mass is 32.1. The Morgan fingerprint density at radius 2 is 0.622 bits per heavy atom. The molecule has 0 N–H and O–H groups in total. The van der Waals surface area contributed by atoms with Gasteiger partial charge in [0, 0.05) is 108 Å². The third-order valence-corrected chi connectivity index (χ3v) is 19.2. The third kappa shape index (κ3) is 7.91. The molecule has 8 heterocycles. The molecule has 0 aliphatic heterocycles. The highest BCUT2D eigenvalue weighted by molar-refractivity contribution is 7.25. The molecule has 0 fully saturated rings. The predicted molar refractivity (Wildman–Crippen MR) is 374 cm³/mol. The van der Waals surface area contributed by atoms with E-state index >= 15 is 0 Å². The molecule has 7 nitrogen and oxygen atoms in total. The Kier molecular flexibility index (Phi) is 11.1. The van der Waals surface area contributed by atoms with E-state index in [1.807, 2.05) is 29.5 Å². The molecule has 0 bridgehead atoms. The Labute approximate surface area is 517 Å². The summed E-state index contributed by atoms with van der Waals surface area (Å²) in [6, 6.07) is 102. The van der Waals surface area contributed by atoms with E-state index < -0.39 is 0 Å². The third-order valence-electron chi connectivity index (χ3n) is 18.0. The van der Waals surface area contributed by atoms with Gasteiger partial charge in [0.2, 0.25) is 0 Å². The molecule has 0 unspecified atom stereocenters. The molecule has 0 radical (unpaired) electrons. The number of hydrogen-bond donors (Lipinski definition) is 0. The van der Waals surface area contributed by atoms with Crippen molar-refractivity contribution >= 4 is 141 Å². The van der Waals surface area contributed by atoms with Crippen LogP contribution in [0.25, 0.3) is 186 Å². The number of aromatic nitrogens is 4. The van der Waals surface area contributed by atoms with Crippen LogP contribution in [0.4, 0.5) is 0 Å². The Hall–Kier alpha value is -11.8. The Bertz CT molecular complexity index is 6210. The molecule has 0 saturated carbocycles. The Balaban J connectivity index is 0.000000130. The van der Waals surface area contributed by atoms with Crippen molar-refractivity contribution in [1.82, 2.24) is 19.1 Å². The van der Waals surface area contributed by atoms with Crippen LogP contribution < -0.4 is 0 Å². The SMILES string of the molecule is c1cc(-c2ccc3oc4ccc(-n5c6ccccc6c6ccccc65)cc4c3c2)nc(-c2ccc3sc4ccccc4c3c2)c1.c1cc(-c2ccc3oc4ccc(-n5c6ccccc6c6ccccc65)cc4c3c2)nc(-c2cccc3c2oc2ccccc23)c1. The maximum atomic E-state index is 6.32. The molecule has 0 saturated heterocycles. The molecule has 8 heteroatoms. The van der Waals surface area contributed by atoms with Gasteiger partial charge in [0.15, 0.2) is 0 Å². The van der Waals surface area contributed by atoms with Crippen LogP contribution >= 0.6 is 11.3 Å². The summed E-state index contributed by atoms with van der Waals surface area (Å²) in [5, 5.41) is 14.1. The van der Waals surface area contributed by atoms with Gasteiger partial charge in [-0.1, -0.05) is 140 Å². The number of pyridine rings is 2. The molecule has 0 amide bonds. The number of benzene rings is 12. The van der Waals surface area contributed by atoms with Gasteiger partial charge in [0.25, 0.3) is 0 Å². The van der Waals surface area contributed by atoms with E-state index in [4.69, 9.17) is 23.2 Å². The minimum absolute atomic E-state index is 0.858. The molecule has 8 aromatic heterocycles. The molecule has 0 aliphatic carbocycles. The summed E-state index contributed by atoms with van der Waals surface area (Å²) in [7, 11) is 0. The minimum atomic E-state index is 0.858. The lowest BCUT2D eigenvalue weighted by Gasteiger charge is -2.08. The number of fused-ring (bicyclic) bond motifs is 18. The second-order valence-electron chi connectivity index (χ2n) is 23.1. The van der Waals surface area contributed by atoms with Crippen molar-refractivity contribution in [3.05, 3.63) is 291 Å². The average Bonchev–Trinajstić information content (AvgIpc) is 2.03. The number of rotatable bonds is 6. The summed E-state index contributed by atoms with van der Waals surface area (Å²) in [5.74, 6) is 0. The van der Waals surface area contributed by atoms with Crippen LogP contribution in [-0.4, -0.2) is 19.1 Å². The largest absolute Gasteiger partial charge is 0.456 e. The van der Waals surface area contributed by atoms with Crippen molar-refractivity contribution in [3.63, 3.8) is 0 Å². The fourth-order valence-corrected chi connectivity index (χ4v) is 15.0. The topological polar surface area (TPSA) is 75.1 Å². The van der Waals surface area contributed by atoms with Gasteiger partial charge >= 0.3 is 0 Å². The van der Waals surface area contributed by atoms with Crippen molar-refractivity contribution in [2.45, 2.75) is 0 Å². The lowest BCUT2D eigenvalue weighted by molar-refractivity contribution is 0.668. The smallest absolute Gasteiger partial charge is 0.144 e. The van der Waals surface area contributed by atoms with Gasteiger partial charge in [0.1, 0.15) is 33.5 Å². The van der Waals surface area contributed by atoms with E-state index in [1.165, 1.54) is 63.8 Å². The van der Waals surface area contributed by atoms with Gasteiger partial charge in [-0.15, -0.1) is 11.3 Å². The predicted octanol–water partition coefficient (Wildman–Crippen LogP) is 23.1. The summed E-state index contributed by atoms with van der Waals surface area (Å²) in [5.41, 5.74) is 20.1. The molecule has 0 atom stereocenters. The highest BCUT2D eigenvalue weighted by Crippen LogP contribution is 2.42. The van der Waals surface area contributed by atoms with Crippen molar-refractivity contribution in [2.24, 2.45) is 0 Å². The monoisotopic (exact) mass is 1170 g/mol. The fourth-order valence-electron chi connectivity index (χ4n) is 13.9. The molecule has 90 heavy (non-hydrogen) atoms. The average molecular weight is 1170 g/mol. The van der Waals surface area contributed by atoms with Gasteiger partial charge in [0.05, 0.1) is 44.8 Å². The van der Waals surface area contributed by atoms with Gasteiger partial charge in [-0.25, -0.2) is 9.97 Å². The maximum Gasteiger partial charge on any atom is 0.144 e. The molecular formula is C82H48N4O3S. The van der Waals surface area contributed by atoms with E-state index in [2.05, 4.69) is 282 Å². The normalized spacial score (nSPS) is 12.0. The zero-order valence-corrected chi connectivity index (χ0v) is 49.0. The molecular weight excluding hydrogens is 1120 g/mol. The standard InChI is InChI=1S/C41H24N2O2.C41H24N2OS/c1-4-16-36-27(9-1)28-10-2-5-17-37(28)43(36)26-20-22-40-33(24-26)32-23-25(19-21-39(32)44-40)34-14-8-15-35(42-34)31-13-7-12-30-29-11-3-6-18-38(29)45-41(30)31;1-4-13-36-28(8-1)29-9-2-5-14-37(29)43(36)27-18-20-39-32(24-27)31-22-25(16-19-38(31)44-39)34-11-7-12-35(42-34)26-17-21-41-33(23-26)30-10-3-6-15-40(30)45-41/h2*1-24H. The molecule has 420 valence electrons. The van der Waals surface area contributed by atoms with Crippen LogP contribution in [0.2, 0.25) is 0 Å². The van der Waals surface area contributed by atoms with Crippen LogP contribution in [0.5, 0.6) is 0 Å². The van der Waals surface area contributed by atoms with Crippen molar-refractivity contribution < 1.29 is 13.3 Å². The Morgan fingerprint density at radius 1 is 0.244 bits per heavy atom. The van der Waals surface area contributed by atoms with Crippen LogP contribution in [0.1, 0.15) is 0 Å². The summed E-state index contributed by atoms with van der Waals surface area (Å²) in [4.78, 5) is 10.3. The zero-order valence-electron chi connectivity index (χ0n) is 48.1. The number of furan rings is 3. The second-order valence-corrected chi connectivity index (χ2v) is 24.2. The van der Waals surface area contributed by atoms with Gasteiger partial charge in [-0.2, -0.15) is 0 Å². The molecule has 0 aliphatic rings. The van der Waals surface area contributed by atoms with Gasteiger partial charge in [-0.05, 0) is 152 Å². The molecule has 0 spiro atoms. The summed E-state index contributed by atoms with van der Waals surface area (Å²) < 4.78 is 26.3. The van der Waals surface area contributed by atoms with Crippen LogP contribution in [-0.2, 0) is 0 Å². The van der Waals surface area contributed by atoms with E-state index in [9.17, 15) is 0 Å². The van der Waals surface area contributed by atoms with Gasteiger partial charge in [-0.3, -0.25) is 0 Å². The second kappa shape index (κ2) is 19.8. The summed E-state index contributed by atoms with van der Waals surface area (Å²) >= 11 is 1.84. The van der Waals surface area contributed by atoms with Crippen molar-refractivity contribution in [1.29, 1.82) is 0 Å². The summed E-state index contributed by atoms with van der Waals surface area (Å²) in [6.07, 6.45) is 0. The maximum absolute atomic E-state index is 6.32. The van der Waals surface area contributed by atoms with Crippen molar-refractivity contribution in [2.75, 3.05) is 0 Å². The zero-order chi connectivity index (χ0) is 59.0. The first kappa shape index (κ1) is 50.3. The number of hydrogen-bond acceptors (Lipinski definition) is 6. The molecule has 12 aromatic carbocycles. The Morgan fingerprint density at radius 3 is 1.17 bits per heavy atom. The van der Waals surface area contributed by atoms with Crippen molar-refractivity contribution in [3.8, 4) is 56.4 Å². The first-order chi connectivity index (χ1) is 44.6. The van der Waals surface area contributed by atoms with Crippen LogP contribution in [0, 0.1) is 0 Å². The van der Waals surface area contributed by atoms with Crippen LogP contribution in [0.3, 0.4) is 0 Å². The lowest BCUT2D eigenvalue weighted by Crippen LogP contribution is -1.93. The van der Waals surface area contributed by atoms with E-state index in [0.717, 1.165) is 122 Å². The number of thiophene rings is 1. The first-order valence-electron chi connectivity index (χ1n) is 30.3. The quantitative estimate of drug-likeness (QED) is 0.166. The van der Waals surface area contributed by atoms with E-state index in [1.54, 1.807) is 0 Å². The first-order valence-corrected chi connectivity index (χ1v) is 31.1. The highest BCUT2D eigenvalue weighted by Gasteiger charge is 2.20. The lowest BCUT2D eigenvalue weighted by atomic mass is 10.0. The molecule has 20 aromatic rings. The summed E-state index contributed by atoms with van der Waals surface area (Å²) in [6.45, 7) is 0. The minimum Gasteiger partial charge on any atom is -0.456 e. The number of nitrogens with zero attached hydrogens (tertiary/aromatic N) is 4.